The second-order valence-electron chi connectivity index (χ2n) is 10.1. The number of amides is 3. The zero-order valence-corrected chi connectivity index (χ0v) is 21.1. The van der Waals surface area contributed by atoms with Crippen LogP contribution < -0.4 is 25.0 Å². The highest BCUT2D eigenvalue weighted by Gasteiger charge is 2.70. The fourth-order valence-electron chi connectivity index (χ4n) is 6.32. The SMILES string of the molecule is O=C1[C@H]2[C@@H](C(=O)N1c1ccc3c(c1)OCCO3)[C@@]1(N[C@@H]2Cc2ccc(O)c(O)c2)C(=O)Nc2ccc(Cl)cc21. The summed E-state index contributed by atoms with van der Waals surface area (Å²) in [5.41, 5.74) is 0.405. The van der Waals surface area contributed by atoms with Crippen molar-refractivity contribution in [2.24, 2.45) is 11.8 Å². The van der Waals surface area contributed by atoms with Crippen molar-refractivity contribution in [1.82, 2.24) is 5.32 Å². The summed E-state index contributed by atoms with van der Waals surface area (Å²) < 4.78 is 11.3. The Bertz CT molecular complexity index is 1590. The summed E-state index contributed by atoms with van der Waals surface area (Å²) in [6.45, 7) is 0.744. The molecular formula is C28H22ClN3O7. The van der Waals surface area contributed by atoms with Crippen LogP contribution in [0.25, 0.3) is 0 Å². The first kappa shape index (κ1) is 23.8. The normalized spacial score (nSPS) is 26.6. The molecule has 0 radical (unpaired) electrons. The molecule has 0 unspecified atom stereocenters. The number of phenols is 2. The van der Waals surface area contributed by atoms with Crippen LogP contribution in [0.3, 0.4) is 0 Å². The topological polar surface area (TPSA) is 137 Å². The van der Waals surface area contributed by atoms with Gasteiger partial charge in [0.15, 0.2) is 23.0 Å². The maximum Gasteiger partial charge on any atom is 0.250 e. The van der Waals surface area contributed by atoms with E-state index in [1.165, 1.54) is 12.1 Å². The number of nitrogens with one attached hydrogen (secondary N) is 2. The van der Waals surface area contributed by atoms with Gasteiger partial charge in [-0.1, -0.05) is 17.7 Å². The minimum absolute atomic E-state index is 0.202. The van der Waals surface area contributed by atoms with E-state index in [1.54, 1.807) is 42.5 Å². The van der Waals surface area contributed by atoms with E-state index in [-0.39, 0.29) is 17.9 Å². The third kappa shape index (κ3) is 3.34. The molecule has 0 aromatic heterocycles. The Morgan fingerprint density at radius 1 is 0.923 bits per heavy atom. The van der Waals surface area contributed by atoms with Gasteiger partial charge < -0.3 is 25.0 Å². The zero-order valence-electron chi connectivity index (χ0n) is 20.3. The Kier molecular flexibility index (Phi) is 5.10. The molecule has 3 aromatic rings. The van der Waals surface area contributed by atoms with E-state index in [9.17, 15) is 24.6 Å². The molecule has 0 saturated carbocycles. The molecular weight excluding hydrogens is 526 g/mol. The summed E-state index contributed by atoms with van der Waals surface area (Å²) in [6, 6.07) is 13.5. The number of imide groups is 1. The highest BCUT2D eigenvalue weighted by atomic mass is 35.5. The number of hydrogen-bond donors (Lipinski definition) is 4. The number of phenolic OH excluding ortho intramolecular Hbond substituents is 2. The number of carbonyl (C=O) groups excluding carboxylic acids is 3. The molecule has 1 spiro atoms. The first-order chi connectivity index (χ1) is 18.8. The number of carbonyl (C=O) groups is 3. The first-order valence-electron chi connectivity index (χ1n) is 12.5. The molecule has 4 atom stereocenters. The van der Waals surface area contributed by atoms with Crippen molar-refractivity contribution in [3.63, 3.8) is 0 Å². The third-order valence-electron chi connectivity index (χ3n) is 7.96. The minimum atomic E-state index is -1.54. The van der Waals surface area contributed by atoms with E-state index in [0.29, 0.717) is 52.2 Å². The quantitative estimate of drug-likeness (QED) is 0.290. The number of benzene rings is 3. The number of aromatic hydroxyl groups is 2. The van der Waals surface area contributed by atoms with E-state index >= 15 is 0 Å². The van der Waals surface area contributed by atoms with Crippen LogP contribution in [0, 0.1) is 11.8 Å². The Hall–Kier alpha value is -4.28. The number of ether oxygens (including phenoxy) is 2. The monoisotopic (exact) mass is 547 g/mol. The van der Waals surface area contributed by atoms with Crippen LogP contribution in [0.4, 0.5) is 11.4 Å². The molecule has 0 aliphatic carbocycles. The largest absolute Gasteiger partial charge is 0.504 e. The summed E-state index contributed by atoms with van der Waals surface area (Å²) in [5, 5.41) is 26.4. The second kappa shape index (κ2) is 8.36. The minimum Gasteiger partial charge on any atom is -0.504 e. The molecule has 4 N–H and O–H groups in total. The molecule has 7 rings (SSSR count). The van der Waals surface area contributed by atoms with Gasteiger partial charge in [0.25, 0.3) is 0 Å². The van der Waals surface area contributed by atoms with E-state index in [1.807, 2.05) is 0 Å². The third-order valence-corrected chi connectivity index (χ3v) is 8.19. The van der Waals surface area contributed by atoms with Crippen LogP contribution in [-0.4, -0.2) is 47.2 Å². The van der Waals surface area contributed by atoms with E-state index in [2.05, 4.69) is 10.6 Å². The highest BCUT2D eigenvalue weighted by molar-refractivity contribution is 6.31. The molecule has 4 heterocycles. The number of rotatable bonds is 3. The van der Waals surface area contributed by atoms with Gasteiger partial charge in [-0.3, -0.25) is 19.7 Å². The molecule has 3 amide bonds. The average Bonchev–Trinajstić information content (AvgIpc) is 3.50. The van der Waals surface area contributed by atoms with Gasteiger partial charge >= 0.3 is 0 Å². The summed E-state index contributed by atoms with van der Waals surface area (Å²) in [6.07, 6.45) is 0.202. The van der Waals surface area contributed by atoms with Gasteiger partial charge in [-0.05, 0) is 54.4 Å². The van der Waals surface area contributed by atoms with Crippen LogP contribution >= 0.6 is 11.6 Å². The van der Waals surface area contributed by atoms with Crippen molar-refractivity contribution in [3.05, 3.63) is 70.7 Å². The summed E-state index contributed by atoms with van der Waals surface area (Å²) in [5.74, 6) is -3.03. The van der Waals surface area contributed by atoms with Crippen molar-refractivity contribution >= 4 is 40.7 Å². The summed E-state index contributed by atoms with van der Waals surface area (Å²) in [4.78, 5) is 43.0. The molecule has 4 aliphatic heterocycles. The highest BCUT2D eigenvalue weighted by Crippen LogP contribution is 2.54. The fraction of sp³-hybridized carbons (Fsp3) is 0.250. The first-order valence-corrected chi connectivity index (χ1v) is 12.8. The Morgan fingerprint density at radius 3 is 2.51 bits per heavy atom. The van der Waals surface area contributed by atoms with Gasteiger partial charge in [-0.2, -0.15) is 0 Å². The lowest BCUT2D eigenvalue weighted by atomic mass is 9.76. The Balaban J connectivity index is 1.35. The predicted molar refractivity (Wildman–Crippen MR) is 139 cm³/mol. The molecule has 198 valence electrons. The van der Waals surface area contributed by atoms with Gasteiger partial charge in [0.1, 0.15) is 18.8 Å². The standard InChI is InChI=1S/C28H22ClN3O7/c29-14-2-4-17-16(11-14)28(27(37)30-17)24-23(18(31-28)9-13-1-5-19(33)20(34)10-13)25(35)32(26(24)36)15-3-6-21-22(12-15)39-8-7-38-21/h1-6,10-12,18,23-24,31,33-34H,7-9H2,(H,30,37)/t18-,23-,24+,28-/m1/s1. The van der Waals surface area contributed by atoms with E-state index < -0.39 is 41.1 Å². The molecule has 2 fully saturated rings. The number of halogens is 1. The number of fused-ring (bicyclic) bond motifs is 5. The van der Waals surface area contributed by atoms with Crippen molar-refractivity contribution in [2.75, 3.05) is 23.4 Å². The molecule has 3 aromatic carbocycles. The predicted octanol–water partition coefficient (Wildman–Crippen LogP) is 2.69. The lowest BCUT2D eigenvalue weighted by molar-refractivity contribution is -0.130. The smallest absolute Gasteiger partial charge is 0.250 e. The molecule has 2 saturated heterocycles. The molecule has 4 aliphatic rings. The molecule has 11 heteroatoms. The van der Waals surface area contributed by atoms with Gasteiger partial charge in [-0.15, -0.1) is 0 Å². The van der Waals surface area contributed by atoms with E-state index in [4.69, 9.17) is 21.1 Å². The zero-order chi connectivity index (χ0) is 27.1. The Labute approximate surface area is 227 Å². The second-order valence-corrected chi connectivity index (χ2v) is 10.5. The van der Waals surface area contributed by atoms with Crippen molar-refractivity contribution in [2.45, 2.75) is 18.0 Å². The lowest BCUT2D eigenvalue weighted by Crippen LogP contribution is -2.53. The summed E-state index contributed by atoms with van der Waals surface area (Å²) >= 11 is 6.32. The molecule has 39 heavy (non-hydrogen) atoms. The van der Waals surface area contributed by atoms with Gasteiger partial charge in [0.2, 0.25) is 17.7 Å². The van der Waals surface area contributed by atoms with Crippen LogP contribution in [0.15, 0.2) is 54.6 Å². The summed E-state index contributed by atoms with van der Waals surface area (Å²) in [7, 11) is 0. The number of anilines is 2. The van der Waals surface area contributed by atoms with Gasteiger partial charge in [0, 0.05) is 28.4 Å². The van der Waals surface area contributed by atoms with Crippen LogP contribution in [0.5, 0.6) is 23.0 Å². The molecule has 0 bridgehead atoms. The van der Waals surface area contributed by atoms with Crippen molar-refractivity contribution < 1.29 is 34.1 Å². The van der Waals surface area contributed by atoms with Crippen molar-refractivity contribution in [1.29, 1.82) is 0 Å². The Morgan fingerprint density at radius 2 is 1.72 bits per heavy atom. The van der Waals surface area contributed by atoms with E-state index in [0.717, 1.165) is 4.90 Å². The van der Waals surface area contributed by atoms with Crippen LogP contribution in [0.2, 0.25) is 5.02 Å². The average molecular weight is 548 g/mol. The van der Waals surface area contributed by atoms with Crippen LogP contribution in [0.1, 0.15) is 11.1 Å². The van der Waals surface area contributed by atoms with Crippen molar-refractivity contribution in [3.8, 4) is 23.0 Å². The maximum absolute atomic E-state index is 14.2. The van der Waals surface area contributed by atoms with Gasteiger partial charge in [0.05, 0.1) is 17.5 Å². The van der Waals surface area contributed by atoms with Crippen LogP contribution in [-0.2, 0) is 26.3 Å². The number of nitrogens with zero attached hydrogens (tertiary/aromatic N) is 1. The van der Waals surface area contributed by atoms with Gasteiger partial charge in [-0.25, -0.2) is 4.90 Å². The number of hydrogen-bond acceptors (Lipinski definition) is 8. The lowest BCUT2D eigenvalue weighted by Gasteiger charge is -2.30. The molecule has 10 nitrogen and oxygen atoms in total. The fourth-order valence-corrected chi connectivity index (χ4v) is 6.50. The maximum atomic E-state index is 14.2.